The molecule has 0 aliphatic rings. The lowest BCUT2D eigenvalue weighted by atomic mass is 10.1. The third-order valence-corrected chi connectivity index (χ3v) is 2.89. The van der Waals surface area contributed by atoms with Gasteiger partial charge in [-0.3, -0.25) is 4.55 Å². The molecule has 0 saturated carbocycles. The summed E-state index contributed by atoms with van der Waals surface area (Å²) in [6.07, 6.45) is -1.20. The Balaban J connectivity index is 2.80. The van der Waals surface area contributed by atoms with Crippen molar-refractivity contribution in [3.8, 4) is 0 Å². The normalized spacial score (nSPS) is 13.9. The maximum Gasteiger partial charge on any atom is 0.267 e. The van der Waals surface area contributed by atoms with Crippen molar-refractivity contribution in [1.29, 1.82) is 0 Å². The van der Waals surface area contributed by atoms with Crippen LogP contribution in [0.4, 0.5) is 0 Å². The minimum atomic E-state index is -4.14. The van der Waals surface area contributed by atoms with Crippen LogP contribution in [0.2, 0.25) is 0 Å². The van der Waals surface area contributed by atoms with E-state index in [2.05, 4.69) is 15.9 Å². The van der Waals surface area contributed by atoms with Crippen LogP contribution < -0.4 is 0 Å². The van der Waals surface area contributed by atoms with E-state index in [9.17, 15) is 13.5 Å². The number of hydrogen-bond acceptors (Lipinski definition) is 3. The monoisotopic (exact) mass is 280 g/mol. The molecule has 1 atom stereocenters. The summed E-state index contributed by atoms with van der Waals surface area (Å²) in [6, 6.07) is 6.53. The zero-order valence-corrected chi connectivity index (χ0v) is 9.49. The number of benzene rings is 1. The first-order chi connectivity index (χ1) is 6.38. The number of rotatable bonds is 3. The fourth-order valence-corrected chi connectivity index (χ4v) is 1.84. The second kappa shape index (κ2) is 4.39. The maximum absolute atomic E-state index is 10.5. The lowest BCUT2D eigenvalue weighted by Gasteiger charge is -2.08. The van der Waals surface area contributed by atoms with Crippen molar-refractivity contribution >= 4 is 26.0 Å². The van der Waals surface area contributed by atoms with Crippen LogP contribution >= 0.6 is 15.9 Å². The molecule has 2 N–H and O–H groups in total. The Hall–Kier alpha value is -0.430. The Morgan fingerprint density at radius 2 is 1.79 bits per heavy atom. The van der Waals surface area contributed by atoms with Crippen molar-refractivity contribution < 1.29 is 18.1 Å². The van der Waals surface area contributed by atoms with Gasteiger partial charge in [-0.25, -0.2) is 0 Å². The summed E-state index contributed by atoms with van der Waals surface area (Å²) in [4.78, 5) is 0. The van der Waals surface area contributed by atoms with Crippen molar-refractivity contribution in [3.63, 3.8) is 0 Å². The fourth-order valence-electron chi connectivity index (χ4n) is 0.981. The molecule has 0 fully saturated rings. The van der Waals surface area contributed by atoms with E-state index in [0.717, 1.165) is 4.47 Å². The molecule has 0 amide bonds. The van der Waals surface area contributed by atoms with Gasteiger partial charge in [-0.2, -0.15) is 8.42 Å². The number of aliphatic hydroxyl groups excluding tert-OH is 1. The summed E-state index contributed by atoms with van der Waals surface area (Å²) in [6.45, 7) is 0. The van der Waals surface area contributed by atoms with E-state index in [0.29, 0.717) is 5.56 Å². The third-order valence-electron chi connectivity index (χ3n) is 1.62. The van der Waals surface area contributed by atoms with Crippen LogP contribution in [0.1, 0.15) is 11.7 Å². The van der Waals surface area contributed by atoms with Crippen molar-refractivity contribution in [2.75, 3.05) is 5.75 Å². The Bertz CT molecular complexity index is 398. The summed E-state index contributed by atoms with van der Waals surface area (Å²) >= 11 is 3.21. The molecule has 4 nitrogen and oxygen atoms in total. The molecule has 6 heteroatoms. The van der Waals surface area contributed by atoms with E-state index in [1.807, 2.05) is 0 Å². The SMILES string of the molecule is O=S(=O)(O)CC(O)c1ccc(Br)cc1. The Morgan fingerprint density at radius 1 is 1.29 bits per heavy atom. The highest BCUT2D eigenvalue weighted by Gasteiger charge is 2.15. The first kappa shape index (κ1) is 11.6. The topological polar surface area (TPSA) is 74.6 Å². The van der Waals surface area contributed by atoms with Crippen molar-refractivity contribution in [2.45, 2.75) is 6.10 Å². The zero-order valence-electron chi connectivity index (χ0n) is 7.09. The smallest absolute Gasteiger partial charge is 0.267 e. The summed E-state index contributed by atoms with van der Waals surface area (Å²) in [5, 5.41) is 9.39. The third kappa shape index (κ3) is 3.75. The standard InChI is InChI=1S/C8H9BrO4S/c9-7-3-1-6(2-4-7)8(10)5-14(11,12)13/h1-4,8,10H,5H2,(H,11,12,13). The van der Waals surface area contributed by atoms with Gasteiger partial charge in [0.2, 0.25) is 0 Å². The minimum absolute atomic E-state index is 0.450. The van der Waals surface area contributed by atoms with Crippen molar-refractivity contribution in [2.24, 2.45) is 0 Å². The molecule has 14 heavy (non-hydrogen) atoms. The van der Waals surface area contributed by atoms with Crippen molar-refractivity contribution in [3.05, 3.63) is 34.3 Å². The van der Waals surface area contributed by atoms with Gasteiger partial charge in [0.25, 0.3) is 10.1 Å². The first-order valence-corrected chi connectivity index (χ1v) is 6.17. The molecule has 1 rings (SSSR count). The molecule has 0 bridgehead atoms. The van der Waals surface area contributed by atoms with Crippen LogP contribution in [0.25, 0.3) is 0 Å². The Labute approximate surface area is 90.5 Å². The first-order valence-electron chi connectivity index (χ1n) is 3.77. The predicted octanol–water partition coefficient (Wildman–Crippen LogP) is 1.37. The van der Waals surface area contributed by atoms with E-state index >= 15 is 0 Å². The fraction of sp³-hybridized carbons (Fsp3) is 0.250. The van der Waals surface area contributed by atoms with E-state index in [1.165, 1.54) is 0 Å². The molecule has 1 aromatic carbocycles. The summed E-state index contributed by atoms with van der Waals surface area (Å²) < 4.78 is 30.3. The summed E-state index contributed by atoms with van der Waals surface area (Å²) in [7, 11) is -4.14. The average molecular weight is 281 g/mol. The van der Waals surface area contributed by atoms with Crippen LogP contribution in [-0.4, -0.2) is 23.8 Å². The van der Waals surface area contributed by atoms with Crippen molar-refractivity contribution in [1.82, 2.24) is 0 Å². The molecule has 0 aliphatic heterocycles. The molecule has 0 saturated heterocycles. The highest BCUT2D eigenvalue weighted by atomic mass is 79.9. The van der Waals surface area contributed by atoms with Crippen LogP contribution in [0.5, 0.6) is 0 Å². The maximum atomic E-state index is 10.5. The zero-order chi connectivity index (χ0) is 10.8. The second-order valence-electron chi connectivity index (χ2n) is 2.82. The number of aliphatic hydroxyl groups is 1. The molecule has 0 heterocycles. The van der Waals surface area contributed by atoms with E-state index in [-0.39, 0.29) is 0 Å². The predicted molar refractivity (Wildman–Crippen MR) is 55.5 cm³/mol. The van der Waals surface area contributed by atoms with Gasteiger partial charge in [-0.15, -0.1) is 0 Å². The van der Waals surface area contributed by atoms with E-state index < -0.39 is 22.0 Å². The van der Waals surface area contributed by atoms with Crippen LogP contribution in [0, 0.1) is 0 Å². The minimum Gasteiger partial charge on any atom is -0.387 e. The molecular weight excluding hydrogens is 272 g/mol. The van der Waals surface area contributed by atoms with E-state index in [4.69, 9.17) is 4.55 Å². The Kier molecular flexibility index (Phi) is 3.65. The molecule has 1 unspecified atom stereocenters. The van der Waals surface area contributed by atoms with Crippen LogP contribution in [0.15, 0.2) is 28.7 Å². The van der Waals surface area contributed by atoms with Gasteiger partial charge in [0.05, 0.1) is 6.10 Å². The lowest BCUT2D eigenvalue weighted by molar-refractivity contribution is 0.199. The number of halogens is 1. The number of hydrogen-bond donors (Lipinski definition) is 2. The van der Waals surface area contributed by atoms with Gasteiger partial charge in [0, 0.05) is 4.47 Å². The molecule has 78 valence electrons. The second-order valence-corrected chi connectivity index (χ2v) is 5.23. The van der Waals surface area contributed by atoms with Gasteiger partial charge >= 0.3 is 0 Å². The molecular formula is C8H9BrO4S. The average Bonchev–Trinajstić information content (AvgIpc) is 2.02. The van der Waals surface area contributed by atoms with Gasteiger partial charge in [0.15, 0.2) is 0 Å². The highest BCUT2D eigenvalue weighted by molar-refractivity contribution is 9.10. The summed E-state index contributed by atoms with van der Waals surface area (Å²) in [5.74, 6) is -0.686. The molecule has 0 radical (unpaired) electrons. The quantitative estimate of drug-likeness (QED) is 0.821. The Morgan fingerprint density at radius 3 is 2.21 bits per heavy atom. The van der Waals surface area contributed by atoms with Gasteiger partial charge in [0.1, 0.15) is 5.75 Å². The van der Waals surface area contributed by atoms with Crippen LogP contribution in [-0.2, 0) is 10.1 Å². The highest BCUT2D eigenvalue weighted by Crippen LogP contribution is 2.17. The summed E-state index contributed by atoms with van der Waals surface area (Å²) in [5.41, 5.74) is 0.450. The van der Waals surface area contributed by atoms with E-state index in [1.54, 1.807) is 24.3 Å². The molecule has 1 aromatic rings. The molecule has 0 aromatic heterocycles. The van der Waals surface area contributed by atoms with Gasteiger partial charge in [-0.05, 0) is 17.7 Å². The molecule has 0 spiro atoms. The molecule has 0 aliphatic carbocycles. The van der Waals surface area contributed by atoms with Gasteiger partial charge < -0.3 is 5.11 Å². The largest absolute Gasteiger partial charge is 0.387 e. The lowest BCUT2D eigenvalue weighted by Crippen LogP contribution is -2.13. The van der Waals surface area contributed by atoms with Gasteiger partial charge in [-0.1, -0.05) is 28.1 Å². The van der Waals surface area contributed by atoms with Crippen LogP contribution in [0.3, 0.4) is 0 Å².